The first kappa shape index (κ1) is 11.6. The molecule has 0 saturated carbocycles. The second-order valence-corrected chi connectivity index (χ2v) is 3.89. The molecule has 0 unspecified atom stereocenters. The lowest BCUT2D eigenvalue weighted by Gasteiger charge is -2.07. The van der Waals surface area contributed by atoms with Gasteiger partial charge in [0.1, 0.15) is 5.75 Å². The minimum atomic E-state index is 0.188. The van der Waals surface area contributed by atoms with Crippen molar-refractivity contribution in [3.8, 4) is 5.75 Å². The number of methoxy groups -OCH3 is 1. The molecular weight excluding hydrogens is 240 g/mol. The van der Waals surface area contributed by atoms with Crippen LogP contribution in [0.15, 0.2) is 24.3 Å². The average molecular weight is 249 g/mol. The van der Waals surface area contributed by atoms with Gasteiger partial charge in [0.15, 0.2) is 12.6 Å². The van der Waals surface area contributed by atoms with Crippen molar-refractivity contribution in [3.63, 3.8) is 0 Å². The third kappa shape index (κ3) is 1.89. The van der Waals surface area contributed by atoms with Crippen molar-refractivity contribution in [3.05, 3.63) is 40.4 Å². The van der Waals surface area contributed by atoms with Crippen LogP contribution in [0, 0.1) is 0 Å². The Morgan fingerprint density at radius 3 is 2.53 bits per heavy atom. The van der Waals surface area contributed by atoms with Crippen LogP contribution >= 0.6 is 11.6 Å². The van der Waals surface area contributed by atoms with Crippen molar-refractivity contribution in [2.24, 2.45) is 0 Å². The summed E-state index contributed by atoms with van der Waals surface area (Å²) in [5.41, 5.74) is 0.628. The molecule has 0 fully saturated rings. The highest BCUT2D eigenvalue weighted by Gasteiger charge is 2.11. The summed E-state index contributed by atoms with van der Waals surface area (Å²) in [5.74, 6) is 0.661. The molecule has 0 aliphatic carbocycles. The van der Waals surface area contributed by atoms with Crippen LogP contribution in [0.25, 0.3) is 10.8 Å². The Morgan fingerprint density at radius 1 is 1.18 bits per heavy atom. The molecule has 0 spiro atoms. The van der Waals surface area contributed by atoms with Crippen LogP contribution in [-0.4, -0.2) is 19.7 Å². The molecule has 0 radical (unpaired) electrons. The van der Waals surface area contributed by atoms with Crippen LogP contribution in [0.4, 0.5) is 0 Å². The molecule has 0 amide bonds. The molecule has 17 heavy (non-hydrogen) atoms. The zero-order valence-corrected chi connectivity index (χ0v) is 9.82. The maximum absolute atomic E-state index is 11.0. The zero-order valence-electron chi connectivity index (χ0n) is 9.07. The standard InChI is InChI=1S/C13H9ClO3/c1-17-10-2-3-11-8(5-10)4-9(6-15)13(14)12(11)7-16/h2-7H,1H3. The topological polar surface area (TPSA) is 43.4 Å². The minimum absolute atomic E-state index is 0.188. The number of halogens is 1. The van der Waals surface area contributed by atoms with Crippen LogP contribution in [0.1, 0.15) is 20.7 Å². The van der Waals surface area contributed by atoms with Gasteiger partial charge in [-0.1, -0.05) is 11.6 Å². The number of hydrogen-bond donors (Lipinski definition) is 0. The van der Waals surface area contributed by atoms with Crippen molar-refractivity contribution in [1.82, 2.24) is 0 Å². The van der Waals surface area contributed by atoms with Gasteiger partial charge in [0, 0.05) is 11.1 Å². The summed E-state index contributed by atoms with van der Waals surface area (Å²) in [6.07, 6.45) is 1.29. The average Bonchev–Trinajstić information content (AvgIpc) is 2.37. The van der Waals surface area contributed by atoms with Crippen LogP contribution in [0.2, 0.25) is 5.02 Å². The Hall–Kier alpha value is -1.87. The Labute approximate surface area is 103 Å². The summed E-state index contributed by atoms with van der Waals surface area (Å²) in [4.78, 5) is 21.9. The fraction of sp³-hybridized carbons (Fsp3) is 0.0769. The van der Waals surface area contributed by atoms with E-state index in [0.717, 1.165) is 5.39 Å². The first-order valence-electron chi connectivity index (χ1n) is 4.92. The van der Waals surface area contributed by atoms with E-state index in [1.165, 1.54) is 0 Å². The number of fused-ring (bicyclic) bond motifs is 1. The Balaban J connectivity index is 2.86. The van der Waals surface area contributed by atoms with Crippen LogP contribution in [0.3, 0.4) is 0 Å². The van der Waals surface area contributed by atoms with E-state index in [0.29, 0.717) is 34.8 Å². The number of ether oxygens (including phenoxy) is 1. The summed E-state index contributed by atoms with van der Waals surface area (Å²) >= 11 is 5.97. The van der Waals surface area contributed by atoms with Gasteiger partial charge in [-0.05, 0) is 35.0 Å². The third-order valence-corrected chi connectivity index (χ3v) is 3.02. The van der Waals surface area contributed by atoms with Crippen LogP contribution < -0.4 is 4.74 Å². The van der Waals surface area contributed by atoms with E-state index in [1.807, 2.05) is 0 Å². The van der Waals surface area contributed by atoms with Gasteiger partial charge in [-0.2, -0.15) is 0 Å². The number of aldehydes is 2. The molecular formula is C13H9ClO3. The summed E-state index contributed by atoms with van der Waals surface area (Å²) in [6, 6.07) is 6.89. The van der Waals surface area contributed by atoms with Gasteiger partial charge >= 0.3 is 0 Å². The molecule has 0 atom stereocenters. The lowest BCUT2D eigenvalue weighted by atomic mass is 10.0. The highest BCUT2D eigenvalue weighted by Crippen LogP contribution is 2.30. The van der Waals surface area contributed by atoms with Gasteiger partial charge in [-0.3, -0.25) is 9.59 Å². The second-order valence-electron chi connectivity index (χ2n) is 3.52. The van der Waals surface area contributed by atoms with E-state index in [2.05, 4.69) is 0 Å². The quantitative estimate of drug-likeness (QED) is 0.784. The van der Waals surface area contributed by atoms with Crippen molar-refractivity contribution >= 4 is 34.9 Å². The van der Waals surface area contributed by atoms with Gasteiger partial charge < -0.3 is 4.74 Å². The normalized spacial score (nSPS) is 10.2. The number of hydrogen-bond acceptors (Lipinski definition) is 3. The van der Waals surface area contributed by atoms with Gasteiger partial charge in [0.05, 0.1) is 12.1 Å². The molecule has 3 nitrogen and oxygen atoms in total. The fourth-order valence-electron chi connectivity index (χ4n) is 1.74. The number of benzene rings is 2. The first-order chi connectivity index (χ1) is 8.21. The summed E-state index contributed by atoms with van der Waals surface area (Å²) in [5, 5.41) is 1.64. The Kier molecular flexibility index (Phi) is 3.11. The van der Waals surface area contributed by atoms with E-state index >= 15 is 0 Å². The fourth-order valence-corrected chi connectivity index (χ4v) is 1.98. The molecule has 86 valence electrons. The van der Waals surface area contributed by atoms with E-state index in [4.69, 9.17) is 16.3 Å². The molecule has 2 aromatic rings. The van der Waals surface area contributed by atoms with Crippen LogP contribution in [-0.2, 0) is 0 Å². The summed E-state index contributed by atoms with van der Waals surface area (Å²) in [6.45, 7) is 0. The lowest BCUT2D eigenvalue weighted by molar-refractivity contribution is 0.112. The highest BCUT2D eigenvalue weighted by atomic mass is 35.5. The number of rotatable bonds is 3. The predicted molar refractivity (Wildman–Crippen MR) is 66.3 cm³/mol. The molecule has 0 aliphatic heterocycles. The van der Waals surface area contributed by atoms with Crippen molar-refractivity contribution < 1.29 is 14.3 Å². The Bertz CT molecular complexity index is 605. The summed E-state index contributed by atoms with van der Waals surface area (Å²) in [7, 11) is 1.55. The van der Waals surface area contributed by atoms with Crippen LogP contribution in [0.5, 0.6) is 5.75 Å². The van der Waals surface area contributed by atoms with Crippen molar-refractivity contribution in [2.45, 2.75) is 0 Å². The third-order valence-electron chi connectivity index (χ3n) is 2.59. The monoisotopic (exact) mass is 248 g/mol. The van der Waals surface area contributed by atoms with Gasteiger partial charge in [0.25, 0.3) is 0 Å². The van der Waals surface area contributed by atoms with E-state index < -0.39 is 0 Å². The number of carbonyl (C=O) groups is 2. The lowest BCUT2D eigenvalue weighted by Crippen LogP contribution is -1.92. The van der Waals surface area contributed by atoms with Gasteiger partial charge in [0.2, 0.25) is 0 Å². The van der Waals surface area contributed by atoms with E-state index in [9.17, 15) is 9.59 Å². The SMILES string of the molecule is COc1ccc2c(C=O)c(Cl)c(C=O)cc2c1. The smallest absolute Gasteiger partial charge is 0.152 e. The van der Waals surface area contributed by atoms with E-state index in [1.54, 1.807) is 31.4 Å². The molecule has 4 heteroatoms. The molecule has 0 aliphatic rings. The van der Waals surface area contributed by atoms with Gasteiger partial charge in [-0.25, -0.2) is 0 Å². The maximum atomic E-state index is 11.0. The largest absolute Gasteiger partial charge is 0.497 e. The first-order valence-corrected chi connectivity index (χ1v) is 5.29. The zero-order chi connectivity index (χ0) is 12.4. The molecule has 2 rings (SSSR count). The molecule has 2 aromatic carbocycles. The van der Waals surface area contributed by atoms with E-state index in [-0.39, 0.29) is 5.02 Å². The van der Waals surface area contributed by atoms with Crippen molar-refractivity contribution in [1.29, 1.82) is 0 Å². The molecule has 0 heterocycles. The molecule has 0 N–H and O–H groups in total. The maximum Gasteiger partial charge on any atom is 0.152 e. The second kappa shape index (κ2) is 4.55. The molecule has 0 bridgehead atoms. The van der Waals surface area contributed by atoms with Crippen molar-refractivity contribution in [2.75, 3.05) is 7.11 Å². The molecule has 0 saturated heterocycles. The number of carbonyl (C=O) groups excluding carboxylic acids is 2. The highest BCUT2D eigenvalue weighted by molar-refractivity contribution is 6.37. The summed E-state index contributed by atoms with van der Waals surface area (Å²) < 4.78 is 5.09. The Morgan fingerprint density at radius 2 is 1.94 bits per heavy atom. The minimum Gasteiger partial charge on any atom is -0.497 e. The molecule has 0 aromatic heterocycles. The predicted octanol–water partition coefficient (Wildman–Crippen LogP) is 3.13. The van der Waals surface area contributed by atoms with Gasteiger partial charge in [-0.15, -0.1) is 0 Å².